The number of aryl methyl sites for hydroxylation is 1. The van der Waals surface area contributed by atoms with Crippen molar-refractivity contribution in [3.8, 4) is 11.8 Å². The molecule has 0 heterocycles. The first-order chi connectivity index (χ1) is 9.08. The van der Waals surface area contributed by atoms with Crippen molar-refractivity contribution in [1.82, 2.24) is 5.32 Å². The van der Waals surface area contributed by atoms with E-state index in [1.807, 2.05) is 6.92 Å². The van der Waals surface area contributed by atoms with Crippen molar-refractivity contribution in [2.24, 2.45) is 0 Å². The average molecular weight is 262 g/mol. The molecule has 1 fully saturated rings. The van der Waals surface area contributed by atoms with Gasteiger partial charge in [-0.05, 0) is 50.1 Å². The van der Waals surface area contributed by atoms with Crippen molar-refractivity contribution in [1.29, 1.82) is 5.26 Å². The molecule has 1 aromatic carbocycles. The zero-order valence-electron chi connectivity index (χ0n) is 11.4. The van der Waals surface area contributed by atoms with Gasteiger partial charge >= 0.3 is 0 Å². The Hall–Kier alpha value is -1.60. The second-order valence-electron chi connectivity index (χ2n) is 5.12. The van der Waals surface area contributed by atoms with Gasteiger partial charge in [-0.1, -0.05) is 6.92 Å². The van der Waals surface area contributed by atoms with E-state index in [-0.39, 0.29) is 11.9 Å². The molecule has 1 aliphatic rings. The van der Waals surface area contributed by atoms with E-state index in [4.69, 9.17) is 4.74 Å². The number of nitrogens with one attached hydrogen (secondary N) is 1. The molecule has 19 heavy (non-hydrogen) atoms. The fourth-order valence-electron chi connectivity index (χ4n) is 2.62. The molecule has 0 bridgehead atoms. The van der Waals surface area contributed by atoms with Gasteiger partial charge in [0.05, 0.1) is 6.07 Å². The lowest BCUT2D eigenvalue weighted by Gasteiger charge is -2.22. The van der Waals surface area contributed by atoms with Crippen molar-refractivity contribution in [3.63, 3.8) is 0 Å². The Kier molecular flexibility index (Phi) is 4.06. The van der Waals surface area contributed by atoms with E-state index >= 15 is 0 Å². The van der Waals surface area contributed by atoms with E-state index in [1.54, 1.807) is 19.1 Å². The number of nitrogens with zero attached hydrogens (tertiary/aromatic N) is 1. The highest BCUT2D eigenvalue weighted by molar-refractivity contribution is 5.29. The summed E-state index contributed by atoms with van der Waals surface area (Å²) in [4.78, 5) is 0. The van der Waals surface area contributed by atoms with E-state index in [1.165, 1.54) is 6.07 Å². The zero-order chi connectivity index (χ0) is 13.9. The van der Waals surface area contributed by atoms with Crippen LogP contribution in [0.2, 0.25) is 0 Å². The van der Waals surface area contributed by atoms with Gasteiger partial charge in [-0.3, -0.25) is 5.32 Å². The molecule has 102 valence electrons. The van der Waals surface area contributed by atoms with Crippen molar-refractivity contribution in [3.05, 3.63) is 29.6 Å². The van der Waals surface area contributed by atoms with Crippen molar-refractivity contribution in [2.75, 3.05) is 6.54 Å². The van der Waals surface area contributed by atoms with E-state index in [0.717, 1.165) is 19.4 Å². The normalized spacial score (nSPS) is 26.1. The van der Waals surface area contributed by atoms with Crippen LogP contribution in [0.3, 0.4) is 0 Å². The lowest BCUT2D eigenvalue weighted by Crippen LogP contribution is -2.42. The highest BCUT2D eigenvalue weighted by atomic mass is 19.1. The van der Waals surface area contributed by atoms with E-state index in [9.17, 15) is 9.65 Å². The summed E-state index contributed by atoms with van der Waals surface area (Å²) in [7, 11) is 0. The summed E-state index contributed by atoms with van der Waals surface area (Å²) in [6, 6.07) is 7.13. The number of rotatable bonds is 4. The first-order valence-corrected chi connectivity index (χ1v) is 6.67. The molecule has 2 unspecified atom stereocenters. The van der Waals surface area contributed by atoms with Gasteiger partial charge in [0.15, 0.2) is 0 Å². The van der Waals surface area contributed by atoms with Gasteiger partial charge in [0.25, 0.3) is 0 Å². The predicted molar refractivity (Wildman–Crippen MR) is 71.4 cm³/mol. The Morgan fingerprint density at radius 3 is 3.00 bits per heavy atom. The number of hydrogen-bond donors (Lipinski definition) is 1. The second-order valence-corrected chi connectivity index (χ2v) is 5.12. The smallest absolute Gasteiger partial charge is 0.126 e. The SMILES string of the molecule is CCNC1(C#N)CCC(Oc2ccc(F)c(C)c2)C1. The van der Waals surface area contributed by atoms with Crippen LogP contribution in [0, 0.1) is 24.1 Å². The third kappa shape index (κ3) is 3.05. The fourth-order valence-corrected chi connectivity index (χ4v) is 2.62. The third-order valence-electron chi connectivity index (χ3n) is 3.63. The van der Waals surface area contributed by atoms with Crippen molar-refractivity contribution < 1.29 is 9.13 Å². The maximum absolute atomic E-state index is 13.2. The average Bonchev–Trinajstić information content (AvgIpc) is 2.78. The Morgan fingerprint density at radius 2 is 2.37 bits per heavy atom. The van der Waals surface area contributed by atoms with Crippen LogP contribution in [0.4, 0.5) is 4.39 Å². The molecule has 3 nitrogen and oxygen atoms in total. The number of ether oxygens (including phenoxy) is 1. The summed E-state index contributed by atoms with van der Waals surface area (Å²) in [5.41, 5.74) is 0.114. The maximum atomic E-state index is 13.2. The Morgan fingerprint density at radius 1 is 1.58 bits per heavy atom. The lowest BCUT2D eigenvalue weighted by atomic mass is 10.00. The van der Waals surface area contributed by atoms with Gasteiger partial charge < -0.3 is 4.74 Å². The quantitative estimate of drug-likeness (QED) is 0.907. The lowest BCUT2D eigenvalue weighted by molar-refractivity contribution is 0.201. The largest absolute Gasteiger partial charge is 0.490 e. The molecule has 4 heteroatoms. The molecule has 0 amide bonds. The fraction of sp³-hybridized carbons (Fsp3) is 0.533. The van der Waals surface area contributed by atoms with Gasteiger partial charge in [-0.2, -0.15) is 5.26 Å². The van der Waals surface area contributed by atoms with Gasteiger partial charge in [0, 0.05) is 6.42 Å². The number of benzene rings is 1. The van der Waals surface area contributed by atoms with Gasteiger partial charge in [-0.25, -0.2) is 4.39 Å². The highest BCUT2D eigenvalue weighted by Gasteiger charge is 2.39. The summed E-state index contributed by atoms with van der Waals surface area (Å²) in [5.74, 6) is 0.451. The number of nitriles is 1. The topological polar surface area (TPSA) is 45.0 Å². The molecule has 0 radical (unpaired) electrons. The van der Waals surface area contributed by atoms with E-state index in [2.05, 4.69) is 11.4 Å². The summed E-state index contributed by atoms with van der Waals surface area (Å²) >= 11 is 0. The minimum atomic E-state index is -0.464. The van der Waals surface area contributed by atoms with Crippen LogP contribution >= 0.6 is 0 Å². The molecule has 0 aromatic heterocycles. The van der Waals surface area contributed by atoms with Crippen molar-refractivity contribution in [2.45, 2.75) is 44.8 Å². The summed E-state index contributed by atoms with van der Waals surface area (Å²) in [5, 5.41) is 12.5. The minimum Gasteiger partial charge on any atom is -0.490 e. The molecular weight excluding hydrogens is 243 g/mol. The van der Waals surface area contributed by atoms with Crippen LogP contribution in [-0.4, -0.2) is 18.2 Å². The monoisotopic (exact) mass is 262 g/mol. The second kappa shape index (κ2) is 5.58. The van der Waals surface area contributed by atoms with Gasteiger partial charge in [0.2, 0.25) is 0 Å². The molecular formula is C15H19FN2O. The first-order valence-electron chi connectivity index (χ1n) is 6.67. The molecule has 1 N–H and O–H groups in total. The van der Waals surface area contributed by atoms with Crippen LogP contribution in [0.15, 0.2) is 18.2 Å². The van der Waals surface area contributed by atoms with Crippen LogP contribution in [0.25, 0.3) is 0 Å². The third-order valence-corrected chi connectivity index (χ3v) is 3.63. The highest BCUT2D eigenvalue weighted by Crippen LogP contribution is 2.32. The van der Waals surface area contributed by atoms with Crippen LogP contribution < -0.4 is 10.1 Å². The maximum Gasteiger partial charge on any atom is 0.126 e. The summed E-state index contributed by atoms with van der Waals surface area (Å²) < 4.78 is 19.0. The Balaban J connectivity index is 2.02. The molecule has 1 aromatic rings. The standard InChI is InChI=1S/C15H19FN2O/c1-3-18-15(10-17)7-6-13(9-15)19-12-4-5-14(16)11(2)8-12/h4-5,8,13,18H,3,6-7,9H2,1-2H3. The predicted octanol–water partition coefficient (Wildman–Crippen LogP) is 2.94. The zero-order valence-corrected chi connectivity index (χ0v) is 11.4. The number of halogens is 1. The molecule has 0 saturated heterocycles. The molecule has 2 atom stereocenters. The van der Waals surface area contributed by atoms with E-state index in [0.29, 0.717) is 17.7 Å². The molecule has 1 aliphatic carbocycles. The van der Waals surface area contributed by atoms with Crippen LogP contribution in [-0.2, 0) is 0 Å². The van der Waals surface area contributed by atoms with Crippen molar-refractivity contribution >= 4 is 0 Å². The Bertz CT molecular complexity index is 497. The van der Waals surface area contributed by atoms with E-state index < -0.39 is 5.54 Å². The van der Waals surface area contributed by atoms with Crippen LogP contribution in [0.1, 0.15) is 31.7 Å². The van der Waals surface area contributed by atoms with Gasteiger partial charge in [0.1, 0.15) is 23.2 Å². The minimum absolute atomic E-state index is 0.0172. The van der Waals surface area contributed by atoms with Crippen LogP contribution in [0.5, 0.6) is 5.75 Å². The summed E-state index contributed by atoms with van der Waals surface area (Å²) in [6.45, 7) is 4.49. The molecule has 0 aliphatic heterocycles. The Labute approximate surface area is 113 Å². The summed E-state index contributed by atoms with van der Waals surface area (Å²) in [6.07, 6.45) is 2.33. The molecule has 2 rings (SSSR count). The first kappa shape index (κ1) is 13.8. The number of hydrogen-bond acceptors (Lipinski definition) is 3. The van der Waals surface area contributed by atoms with Gasteiger partial charge in [-0.15, -0.1) is 0 Å². The molecule has 1 saturated carbocycles. The molecule has 0 spiro atoms.